The standard InChI is InChI=1S/C46H56ClN9O5S/c1-27(2)61-40-21-35(29(5)20-39(40)51-46-48-22-36(47)43(53-46)49-37-8-6-7-9-41(37)62(60)28(3)4)30-16-18-54(19-17-30)33-23-56(24-33)34-25-55(26-34)32-12-10-31(11-13-32)44(58)50-38-14-15-42(57)52-45(38)59/h6-13,20-22,27-28,30,33-34,38H,14-19,23-26H2,1-5H3,(H,50,58)(H,52,57,59)(H2,48,49,51,53). The van der Waals surface area contributed by atoms with Gasteiger partial charge >= 0.3 is 0 Å². The monoisotopic (exact) mass is 881 g/mol. The average molecular weight is 883 g/mol. The molecule has 4 N–H and O–H groups in total. The van der Waals surface area contributed by atoms with Gasteiger partial charge in [0.2, 0.25) is 17.8 Å². The van der Waals surface area contributed by atoms with Gasteiger partial charge in [0.25, 0.3) is 5.91 Å². The number of imide groups is 1. The number of carbonyl (C=O) groups is 3. The van der Waals surface area contributed by atoms with E-state index in [1.165, 1.54) is 11.1 Å². The first-order chi connectivity index (χ1) is 29.8. The number of likely N-dealkylation sites (tertiary alicyclic amines) is 2. The highest BCUT2D eigenvalue weighted by atomic mass is 35.5. The van der Waals surface area contributed by atoms with Gasteiger partial charge in [0, 0.05) is 61.2 Å². The Hall–Kier alpha value is -5.09. The van der Waals surface area contributed by atoms with Crippen LogP contribution in [0.3, 0.4) is 0 Å². The Morgan fingerprint density at radius 3 is 2.31 bits per heavy atom. The van der Waals surface area contributed by atoms with Crippen LogP contribution >= 0.6 is 11.6 Å². The maximum Gasteiger partial charge on any atom is 0.251 e. The first kappa shape index (κ1) is 43.6. The van der Waals surface area contributed by atoms with Gasteiger partial charge < -0.3 is 25.6 Å². The lowest BCUT2D eigenvalue weighted by atomic mass is 9.85. The van der Waals surface area contributed by atoms with E-state index < -0.39 is 22.7 Å². The topological polar surface area (TPSA) is 161 Å². The molecule has 4 aromatic rings. The molecule has 0 saturated carbocycles. The molecule has 328 valence electrons. The summed E-state index contributed by atoms with van der Waals surface area (Å²) in [6, 6.07) is 19.7. The summed E-state index contributed by atoms with van der Waals surface area (Å²) in [5.41, 5.74) is 5.54. The Kier molecular flexibility index (Phi) is 13.1. The highest BCUT2D eigenvalue weighted by Gasteiger charge is 2.42. The Morgan fingerprint density at radius 2 is 1.61 bits per heavy atom. The Morgan fingerprint density at radius 1 is 0.903 bits per heavy atom. The quantitative estimate of drug-likeness (QED) is 0.102. The molecule has 62 heavy (non-hydrogen) atoms. The summed E-state index contributed by atoms with van der Waals surface area (Å²) < 4.78 is 19.4. The molecule has 2 atom stereocenters. The lowest BCUT2D eigenvalue weighted by Crippen LogP contribution is -2.70. The molecule has 3 amide bonds. The number of halogens is 1. The number of para-hydroxylation sites is 1. The first-order valence-electron chi connectivity index (χ1n) is 21.6. The number of rotatable bonds is 14. The van der Waals surface area contributed by atoms with Crippen LogP contribution in [0.15, 0.2) is 71.8 Å². The fourth-order valence-corrected chi connectivity index (χ4v) is 9.94. The van der Waals surface area contributed by atoms with Gasteiger partial charge in [0.05, 0.1) is 39.4 Å². The van der Waals surface area contributed by atoms with Gasteiger partial charge in [0.1, 0.15) is 16.8 Å². The Balaban J connectivity index is 0.827. The van der Waals surface area contributed by atoms with E-state index in [2.05, 4.69) is 60.0 Å². The van der Waals surface area contributed by atoms with Crippen molar-refractivity contribution in [3.63, 3.8) is 0 Å². The molecule has 0 spiro atoms. The van der Waals surface area contributed by atoms with E-state index in [0.717, 1.165) is 69.2 Å². The molecular formula is C46H56ClN9O5S. The van der Waals surface area contributed by atoms with Crippen molar-refractivity contribution in [2.24, 2.45) is 0 Å². The fraction of sp³-hybridized carbons (Fsp3) is 0.457. The highest BCUT2D eigenvalue weighted by molar-refractivity contribution is 7.85. The van der Waals surface area contributed by atoms with Crippen LogP contribution < -0.4 is 30.9 Å². The van der Waals surface area contributed by atoms with Crippen LogP contribution in [0, 0.1) is 6.92 Å². The molecule has 8 rings (SSSR count). The number of piperidine rings is 2. The molecule has 0 bridgehead atoms. The van der Waals surface area contributed by atoms with E-state index in [-0.39, 0.29) is 29.6 Å². The van der Waals surface area contributed by atoms with Crippen molar-refractivity contribution >= 4 is 69.0 Å². The minimum atomic E-state index is -1.20. The predicted octanol–water partition coefficient (Wildman–Crippen LogP) is 6.52. The lowest BCUT2D eigenvalue weighted by Gasteiger charge is -2.55. The number of amides is 3. The van der Waals surface area contributed by atoms with E-state index in [4.69, 9.17) is 21.3 Å². The van der Waals surface area contributed by atoms with E-state index in [0.29, 0.717) is 57.4 Å². The second-order valence-electron chi connectivity index (χ2n) is 17.4. The molecule has 4 aliphatic rings. The Labute approximate surface area is 371 Å². The van der Waals surface area contributed by atoms with Crippen LogP contribution in [0.2, 0.25) is 5.02 Å². The van der Waals surface area contributed by atoms with Crippen molar-refractivity contribution in [3.8, 4) is 5.75 Å². The number of aromatic nitrogens is 2. The second-order valence-corrected chi connectivity index (χ2v) is 19.7. The van der Waals surface area contributed by atoms with Crippen LogP contribution in [0.1, 0.15) is 80.8 Å². The van der Waals surface area contributed by atoms with Crippen molar-refractivity contribution in [1.29, 1.82) is 0 Å². The smallest absolute Gasteiger partial charge is 0.251 e. The molecule has 2 unspecified atom stereocenters. The lowest BCUT2D eigenvalue weighted by molar-refractivity contribution is -0.134. The molecule has 0 aliphatic carbocycles. The molecule has 3 aromatic carbocycles. The van der Waals surface area contributed by atoms with Crippen LogP contribution in [-0.4, -0.2) is 110 Å². The molecule has 5 heterocycles. The van der Waals surface area contributed by atoms with Crippen LogP contribution in [-0.2, 0) is 20.4 Å². The average Bonchev–Trinajstić information content (AvgIpc) is 3.21. The number of nitrogens with one attached hydrogen (secondary N) is 4. The second kappa shape index (κ2) is 18.7. The van der Waals surface area contributed by atoms with E-state index >= 15 is 0 Å². The summed E-state index contributed by atoms with van der Waals surface area (Å²) in [5.74, 6) is 0.887. The largest absolute Gasteiger partial charge is 0.489 e. The van der Waals surface area contributed by atoms with Gasteiger partial charge in [-0.15, -0.1) is 0 Å². The number of ether oxygens (including phenoxy) is 1. The molecule has 16 heteroatoms. The number of aryl methyl sites for hydroxylation is 1. The van der Waals surface area contributed by atoms with Crippen LogP contribution in [0.25, 0.3) is 0 Å². The molecule has 4 aliphatic heterocycles. The summed E-state index contributed by atoms with van der Waals surface area (Å²) in [4.78, 5) is 53.7. The van der Waals surface area contributed by atoms with E-state index in [1.54, 1.807) is 18.3 Å². The van der Waals surface area contributed by atoms with Gasteiger partial charge in [-0.25, -0.2) is 4.98 Å². The maximum atomic E-state index is 13.0. The zero-order valence-corrected chi connectivity index (χ0v) is 37.5. The molecule has 1 aromatic heterocycles. The fourth-order valence-electron chi connectivity index (χ4n) is 8.74. The van der Waals surface area contributed by atoms with E-state index in [9.17, 15) is 18.6 Å². The summed E-state index contributed by atoms with van der Waals surface area (Å²) in [5, 5.41) is 12.0. The number of nitrogens with zero attached hydrogens (tertiary/aromatic N) is 5. The van der Waals surface area contributed by atoms with Crippen LogP contribution in [0.5, 0.6) is 5.75 Å². The van der Waals surface area contributed by atoms with Gasteiger partial charge in [-0.2, -0.15) is 4.98 Å². The molecule has 4 saturated heterocycles. The van der Waals surface area contributed by atoms with Gasteiger partial charge in [-0.1, -0.05) is 37.6 Å². The van der Waals surface area contributed by atoms with Crippen LogP contribution in [0.4, 0.5) is 28.8 Å². The highest BCUT2D eigenvalue weighted by Crippen LogP contribution is 2.39. The molecular weight excluding hydrogens is 826 g/mol. The van der Waals surface area contributed by atoms with Crippen molar-refractivity contribution in [1.82, 2.24) is 30.4 Å². The van der Waals surface area contributed by atoms with E-state index in [1.807, 2.05) is 64.1 Å². The normalized spacial score (nSPS) is 19.8. The van der Waals surface area contributed by atoms with Gasteiger partial charge in [-0.05, 0) is 119 Å². The number of benzene rings is 3. The maximum absolute atomic E-state index is 13.0. The summed E-state index contributed by atoms with van der Waals surface area (Å²) in [6.07, 6.45) is 4.23. The molecule has 14 nitrogen and oxygen atoms in total. The molecule has 0 radical (unpaired) electrons. The van der Waals surface area contributed by atoms with Gasteiger partial charge in [0.15, 0.2) is 5.82 Å². The zero-order valence-electron chi connectivity index (χ0n) is 35.9. The summed E-state index contributed by atoms with van der Waals surface area (Å²) in [6.45, 7) is 16.3. The predicted molar refractivity (Wildman–Crippen MR) is 244 cm³/mol. The Bertz CT molecular complexity index is 2330. The van der Waals surface area contributed by atoms with Crippen molar-refractivity contribution in [3.05, 3.63) is 88.6 Å². The van der Waals surface area contributed by atoms with Gasteiger partial charge in [-0.3, -0.25) is 33.7 Å². The zero-order chi connectivity index (χ0) is 43.7. The van der Waals surface area contributed by atoms with Crippen molar-refractivity contribution in [2.45, 2.75) is 101 Å². The SMILES string of the molecule is Cc1cc(Nc2ncc(Cl)c(Nc3ccccc3S(=O)C(C)C)n2)c(OC(C)C)cc1C1CCN(C2CN(C3CN(c4ccc(C(=O)NC5CCC(=O)NC5=O)cc4)C3)C2)CC1. The third-order valence-electron chi connectivity index (χ3n) is 12.3. The summed E-state index contributed by atoms with van der Waals surface area (Å²) >= 11 is 6.57. The number of hydrogen-bond acceptors (Lipinski definition) is 12. The van der Waals surface area contributed by atoms with Crippen molar-refractivity contribution in [2.75, 3.05) is 54.8 Å². The summed E-state index contributed by atoms with van der Waals surface area (Å²) in [7, 11) is -1.20. The minimum absolute atomic E-state index is 0.0359. The van der Waals surface area contributed by atoms with Crippen molar-refractivity contribution < 1.29 is 23.3 Å². The molecule has 4 fully saturated rings. The number of anilines is 5. The number of hydrogen-bond donors (Lipinski definition) is 4. The minimum Gasteiger partial charge on any atom is -0.489 e. The number of carbonyl (C=O) groups excluding carboxylic acids is 3. The third kappa shape index (κ3) is 9.75. The first-order valence-corrected chi connectivity index (χ1v) is 23.2. The third-order valence-corrected chi connectivity index (χ3v) is 14.2.